The van der Waals surface area contributed by atoms with Crippen LogP contribution in [0.3, 0.4) is 0 Å². The molecule has 0 radical (unpaired) electrons. The summed E-state index contributed by atoms with van der Waals surface area (Å²) < 4.78 is 0. The summed E-state index contributed by atoms with van der Waals surface area (Å²) in [6.45, 7) is 2.98. The van der Waals surface area contributed by atoms with E-state index in [1.54, 1.807) is 0 Å². The maximum absolute atomic E-state index is 10.0. The topological polar surface area (TPSA) is 40.9 Å². The van der Waals surface area contributed by atoms with Gasteiger partial charge < -0.3 is 10.5 Å². The third-order valence-corrected chi connectivity index (χ3v) is 0.712. The van der Waals surface area contributed by atoms with Gasteiger partial charge in [0.2, 0.25) is 0 Å². The second-order valence-electron chi connectivity index (χ2n) is 1.80. The maximum Gasteiger partial charge on any atom is 1.00 e. The number of halogens is 1. The molecule has 0 saturated carbocycles. The number of nitrogens with one attached hydrogen (secondary N) is 1. The minimum Gasteiger partial charge on any atom is -0.666 e. The van der Waals surface area contributed by atoms with Crippen molar-refractivity contribution in [1.29, 1.82) is 0 Å². The van der Waals surface area contributed by atoms with Gasteiger partial charge in [0, 0.05) is 0 Å². The number of carbonyl (C=O) groups excluding carboxylic acids is 1. The molecule has 0 aliphatic carbocycles. The normalized spacial score (nSPS) is 9.88. The van der Waals surface area contributed by atoms with E-state index in [1.807, 2.05) is 0 Å². The second-order valence-corrected chi connectivity index (χ2v) is 2.75. The predicted molar refractivity (Wildman–Crippen MR) is 29.3 cm³/mol. The molecule has 0 aromatic carbocycles. The van der Waals surface area contributed by atoms with E-state index in [-0.39, 0.29) is 18.9 Å². The fourth-order valence-corrected chi connectivity index (χ4v) is 0. The summed E-state index contributed by atoms with van der Waals surface area (Å²) in [4.78, 5) is 9.00. The van der Waals surface area contributed by atoms with Gasteiger partial charge in [-0.2, -0.15) is 0 Å². The van der Waals surface area contributed by atoms with Crippen LogP contribution in [0.4, 0.5) is 0 Å². The molecule has 0 fully saturated rings. The van der Waals surface area contributed by atoms with Gasteiger partial charge in [0.15, 0.2) is 0 Å². The molecule has 4 heteroatoms. The first-order valence-electron chi connectivity index (χ1n) is 1.89. The number of alkyl halides is 1. The minimum atomic E-state index is -1.00. The summed E-state index contributed by atoms with van der Waals surface area (Å²) in [6, 6.07) is 0. The van der Waals surface area contributed by atoms with Crippen LogP contribution in [0.15, 0.2) is 0 Å². The van der Waals surface area contributed by atoms with E-state index in [0.717, 1.165) is 0 Å². The van der Waals surface area contributed by atoms with Crippen molar-refractivity contribution >= 4 is 17.5 Å². The summed E-state index contributed by atoms with van der Waals surface area (Å²) in [6.07, 6.45) is 0. The van der Waals surface area contributed by atoms with E-state index in [1.165, 1.54) is 13.8 Å². The van der Waals surface area contributed by atoms with Gasteiger partial charge in [-0.3, -0.25) is 0 Å². The Balaban J connectivity index is 0. The average Bonchev–Trinajstić information content (AvgIpc) is 1.31. The van der Waals surface area contributed by atoms with E-state index in [9.17, 15) is 4.79 Å². The third kappa shape index (κ3) is 4.51. The van der Waals surface area contributed by atoms with Gasteiger partial charge in [-0.1, -0.05) is 0 Å². The van der Waals surface area contributed by atoms with Crippen molar-refractivity contribution in [2.75, 3.05) is 0 Å². The summed E-state index contributed by atoms with van der Waals surface area (Å²) >= 11 is 5.33. The molecule has 0 aromatic heterocycles. The van der Waals surface area contributed by atoms with Crippen LogP contribution in [0.25, 0.3) is 5.73 Å². The van der Waals surface area contributed by atoms with Gasteiger partial charge >= 0.3 is 18.9 Å². The monoisotopic (exact) mass is 127 g/mol. The Morgan fingerprint density at radius 3 is 1.75 bits per heavy atom. The molecule has 2 nitrogen and oxygen atoms in total. The number of amides is 1. The molecule has 0 spiro atoms. The Bertz CT molecular complexity index is 88.5. The molecule has 1 N–H and O–H groups in total. The van der Waals surface area contributed by atoms with Crippen molar-refractivity contribution in [2.24, 2.45) is 0 Å². The molecule has 42 valence electrons. The third-order valence-electron chi connectivity index (χ3n) is 0.540. The fraction of sp³-hybridized carbons (Fsp3) is 0.750. The molecular weight excluding hydrogens is 120 g/mol. The molecule has 1 amide bonds. The average molecular weight is 128 g/mol. The molecule has 0 saturated heterocycles. The molecule has 0 rings (SSSR count). The molecule has 0 bridgehead atoms. The smallest absolute Gasteiger partial charge is 0.666 e. The van der Waals surface area contributed by atoms with Gasteiger partial charge in [0.1, 0.15) is 0 Å². The molecule has 0 aliphatic heterocycles. The number of carbonyl (C=O) groups is 1. The van der Waals surface area contributed by atoms with Crippen LogP contribution in [-0.4, -0.2) is 10.8 Å². The van der Waals surface area contributed by atoms with Gasteiger partial charge in [0.25, 0.3) is 0 Å². The zero-order valence-electron chi connectivity index (χ0n) is 5.29. The quantitative estimate of drug-likeness (QED) is 0.315. The van der Waals surface area contributed by atoms with Crippen molar-refractivity contribution in [3.05, 3.63) is 5.73 Å². The van der Waals surface area contributed by atoms with Crippen LogP contribution in [0.2, 0.25) is 0 Å². The van der Waals surface area contributed by atoms with Crippen molar-refractivity contribution in [3.8, 4) is 0 Å². The summed E-state index contributed by atoms with van der Waals surface area (Å²) in [5.41, 5.74) is 6.46. The number of hydrogen-bond donors (Lipinski definition) is 0. The minimum absolute atomic E-state index is 0. The van der Waals surface area contributed by atoms with Gasteiger partial charge in [0.05, 0.1) is 10.8 Å². The van der Waals surface area contributed by atoms with Crippen LogP contribution in [0.1, 0.15) is 13.8 Å². The zero-order valence-corrected chi connectivity index (χ0v) is 6.04. The van der Waals surface area contributed by atoms with Crippen molar-refractivity contribution < 1.29 is 23.7 Å². The van der Waals surface area contributed by atoms with Crippen molar-refractivity contribution in [1.82, 2.24) is 0 Å². The van der Waals surface area contributed by atoms with E-state index >= 15 is 0 Å². The first-order chi connectivity index (χ1) is 2.94. The fourth-order valence-electron chi connectivity index (χ4n) is 0. The molecule has 8 heavy (non-hydrogen) atoms. The predicted octanol–water partition coefficient (Wildman–Crippen LogP) is -1.41. The summed E-state index contributed by atoms with van der Waals surface area (Å²) in [5, 5.41) is 0. The van der Waals surface area contributed by atoms with Gasteiger partial charge in [-0.25, -0.2) is 0 Å². The van der Waals surface area contributed by atoms with E-state index in [4.69, 9.17) is 17.3 Å². The van der Waals surface area contributed by atoms with E-state index < -0.39 is 10.8 Å². The summed E-state index contributed by atoms with van der Waals surface area (Å²) in [7, 11) is 0. The molecule has 0 atom stereocenters. The van der Waals surface area contributed by atoms with Crippen molar-refractivity contribution in [3.63, 3.8) is 0 Å². The Labute approximate surface area is 65.9 Å². The molecule has 0 unspecified atom stereocenters. The summed E-state index contributed by atoms with van der Waals surface area (Å²) in [5.74, 6) is -0.742. The SMILES string of the molecule is CC(C)(Cl)C([NH-])=O.[Li+]. The second kappa shape index (κ2) is 3.40. The van der Waals surface area contributed by atoms with Crippen LogP contribution in [0, 0.1) is 0 Å². The Morgan fingerprint density at radius 1 is 1.62 bits per heavy atom. The first-order valence-corrected chi connectivity index (χ1v) is 2.27. The van der Waals surface area contributed by atoms with E-state index in [0.29, 0.717) is 0 Å². The molecule has 0 aromatic rings. The van der Waals surface area contributed by atoms with Gasteiger partial charge in [-0.15, -0.1) is 11.6 Å². The molecule has 0 heterocycles. The first kappa shape index (κ1) is 11.2. The number of rotatable bonds is 1. The number of hydrogen-bond acceptors (Lipinski definition) is 1. The Hall–Kier alpha value is 0.357. The van der Waals surface area contributed by atoms with Gasteiger partial charge in [-0.05, 0) is 13.8 Å². The van der Waals surface area contributed by atoms with Crippen LogP contribution in [-0.2, 0) is 4.79 Å². The largest absolute Gasteiger partial charge is 1.00 e. The van der Waals surface area contributed by atoms with E-state index in [2.05, 4.69) is 0 Å². The standard InChI is InChI=1S/C4H8ClNO.Li/c1-4(2,5)3(6)7;/h1-2H3,(H2,6,7);/q;+1/p-1. The zero-order chi connectivity index (χ0) is 6.08. The molecule has 0 aliphatic rings. The maximum atomic E-state index is 10.0. The van der Waals surface area contributed by atoms with Crippen LogP contribution >= 0.6 is 11.6 Å². The van der Waals surface area contributed by atoms with Crippen LogP contribution in [0.5, 0.6) is 0 Å². The van der Waals surface area contributed by atoms with Crippen molar-refractivity contribution in [2.45, 2.75) is 18.7 Å². The molecular formula is C4H7ClLiNO. The van der Waals surface area contributed by atoms with Crippen LogP contribution < -0.4 is 18.9 Å². The Kier molecular flexibility index (Phi) is 4.75. The Morgan fingerprint density at radius 2 is 1.75 bits per heavy atom.